The monoisotopic (exact) mass is 289 g/mol. The van der Waals surface area contributed by atoms with Crippen molar-refractivity contribution in [2.75, 3.05) is 11.4 Å². The van der Waals surface area contributed by atoms with E-state index in [1.807, 2.05) is 26.0 Å². The van der Waals surface area contributed by atoms with E-state index in [-0.39, 0.29) is 16.9 Å². The Kier molecular flexibility index (Phi) is 4.65. The van der Waals surface area contributed by atoms with Crippen molar-refractivity contribution < 1.29 is 9.59 Å². The summed E-state index contributed by atoms with van der Waals surface area (Å²) >= 11 is 1.56. The molecule has 1 aromatic rings. The zero-order chi connectivity index (χ0) is 14.7. The average molecular weight is 289 g/mol. The lowest BCUT2D eigenvalue weighted by molar-refractivity contribution is -0.118. The first-order chi connectivity index (χ1) is 9.62. The zero-order valence-electron chi connectivity index (χ0n) is 11.9. The van der Waals surface area contributed by atoms with Crippen molar-refractivity contribution in [1.29, 1.82) is 0 Å². The van der Waals surface area contributed by atoms with Gasteiger partial charge in [-0.1, -0.05) is 19.9 Å². The average Bonchev–Trinajstić information content (AvgIpc) is 2.48. The molecule has 106 valence electrons. The normalized spacial score (nSPS) is 17.8. The number of nitrogens with zero attached hydrogens (tertiary/aromatic N) is 1. The molecule has 0 N–H and O–H groups in total. The fraction of sp³-hybridized carbons (Fsp3) is 0.375. The molecule has 0 fully saturated rings. The summed E-state index contributed by atoms with van der Waals surface area (Å²) < 4.78 is 0. The Morgan fingerprint density at radius 2 is 2.20 bits per heavy atom. The highest BCUT2D eigenvalue weighted by molar-refractivity contribution is 8.01. The molecule has 20 heavy (non-hydrogen) atoms. The van der Waals surface area contributed by atoms with Gasteiger partial charge in [0, 0.05) is 23.4 Å². The highest BCUT2D eigenvalue weighted by Gasteiger charge is 2.32. The minimum absolute atomic E-state index is 0.0746. The molecule has 0 radical (unpaired) electrons. The van der Waals surface area contributed by atoms with Crippen molar-refractivity contribution in [3.05, 3.63) is 36.4 Å². The molecule has 0 saturated carbocycles. The Hall–Kier alpha value is -1.55. The van der Waals surface area contributed by atoms with E-state index in [2.05, 4.69) is 6.58 Å². The predicted molar refractivity (Wildman–Crippen MR) is 83.5 cm³/mol. The first kappa shape index (κ1) is 14.9. The number of anilines is 1. The molecule has 1 amide bonds. The SMILES string of the molecule is C=CCN1C(=O)C(CC)Sc2cc(C(=O)CC)ccc21. The van der Waals surface area contributed by atoms with Crippen LogP contribution in [0.5, 0.6) is 0 Å². The number of fused-ring (bicyclic) bond motifs is 1. The summed E-state index contributed by atoms with van der Waals surface area (Å²) in [6, 6.07) is 5.59. The van der Waals surface area contributed by atoms with E-state index in [0.717, 1.165) is 22.6 Å². The van der Waals surface area contributed by atoms with E-state index in [9.17, 15) is 9.59 Å². The second kappa shape index (κ2) is 6.27. The zero-order valence-corrected chi connectivity index (χ0v) is 12.7. The summed E-state index contributed by atoms with van der Waals surface area (Å²) in [4.78, 5) is 27.0. The van der Waals surface area contributed by atoms with Crippen molar-refractivity contribution in [1.82, 2.24) is 0 Å². The van der Waals surface area contributed by atoms with Crippen molar-refractivity contribution in [2.24, 2.45) is 0 Å². The van der Waals surface area contributed by atoms with Gasteiger partial charge in [-0.2, -0.15) is 0 Å². The molecule has 3 nitrogen and oxygen atoms in total. The lowest BCUT2D eigenvalue weighted by Gasteiger charge is -2.33. The minimum atomic E-state index is -0.0746. The molecule has 1 heterocycles. The molecule has 1 unspecified atom stereocenters. The van der Waals surface area contributed by atoms with Crippen LogP contribution in [-0.2, 0) is 4.79 Å². The molecule has 0 aromatic heterocycles. The maximum absolute atomic E-state index is 12.4. The molecular weight excluding hydrogens is 270 g/mol. The smallest absolute Gasteiger partial charge is 0.240 e. The Balaban J connectivity index is 2.45. The van der Waals surface area contributed by atoms with Crippen molar-refractivity contribution >= 4 is 29.1 Å². The van der Waals surface area contributed by atoms with Crippen LogP contribution in [0.3, 0.4) is 0 Å². The molecule has 0 aliphatic carbocycles. The molecule has 0 spiro atoms. The predicted octanol–water partition coefficient (Wildman–Crippen LogP) is 3.68. The topological polar surface area (TPSA) is 37.4 Å². The number of hydrogen-bond acceptors (Lipinski definition) is 3. The third-order valence-electron chi connectivity index (χ3n) is 3.39. The summed E-state index contributed by atoms with van der Waals surface area (Å²) in [5.74, 6) is 0.257. The lowest BCUT2D eigenvalue weighted by Crippen LogP contribution is -2.40. The number of benzene rings is 1. The van der Waals surface area contributed by atoms with Crippen LogP contribution in [0.15, 0.2) is 35.7 Å². The molecule has 0 saturated heterocycles. The second-order valence-corrected chi connectivity index (χ2v) is 5.96. The molecule has 1 aliphatic heterocycles. The molecule has 2 rings (SSSR count). The fourth-order valence-corrected chi connectivity index (χ4v) is 3.48. The maximum atomic E-state index is 12.4. The van der Waals surface area contributed by atoms with E-state index in [1.54, 1.807) is 28.8 Å². The van der Waals surface area contributed by atoms with Crippen LogP contribution in [0.4, 0.5) is 5.69 Å². The molecule has 1 atom stereocenters. The number of carbonyl (C=O) groups excluding carboxylic acids is 2. The number of rotatable bonds is 5. The van der Waals surface area contributed by atoms with Gasteiger partial charge in [-0.05, 0) is 24.6 Å². The number of ketones is 1. The Labute approximate surface area is 124 Å². The van der Waals surface area contributed by atoms with Crippen LogP contribution < -0.4 is 4.90 Å². The van der Waals surface area contributed by atoms with Gasteiger partial charge < -0.3 is 4.90 Å². The molecule has 0 bridgehead atoms. The quantitative estimate of drug-likeness (QED) is 0.613. The molecular formula is C16H19NO2S. The summed E-state index contributed by atoms with van der Waals surface area (Å²) in [5, 5.41) is -0.0746. The Morgan fingerprint density at radius 1 is 1.45 bits per heavy atom. The summed E-state index contributed by atoms with van der Waals surface area (Å²) in [6.07, 6.45) is 3.01. The van der Waals surface area contributed by atoms with Crippen molar-refractivity contribution in [2.45, 2.75) is 36.8 Å². The van der Waals surface area contributed by atoms with Crippen LogP contribution in [0.2, 0.25) is 0 Å². The Morgan fingerprint density at radius 3 is 2.80 bits per heavy atom. The number of hydrogen-bond donors (Lipinski definition) is 0. The summed E-state index contributed by atoms with van der Waals surface area (Å²) in [5.41, 5.74) is 1.61. The van der Waals surface area contributed by atoms with Gasteiger partial charge in [-0.15, -0.1) is 18.3 Å². The van der Waals surface area contributed by atoms with E-state index < -0.39 is 0 Å². The highest BCUT2D eigenvalue weighted by Crippen LogP contribution is 2.40. The van der Waals surface area contributed by atoms with E-state index in [0.29, 0.717) is 13.0 Å². The van der Waals surface area contributed by atoms with Gasteiger partial charge in [0.15, 0.2) is 5.78 Å². The van der Waals surface area contributed by atoms with E-state index in [1.165, 1.54) is 0 Å². The van der Waals surface area contributed by atoms with Crippen molar-refractivity contribution in [3.8, 4) is 0 Å². The second-order valence-electron chi connectivity index (χ2n) is 4.71. The van der Waals surface area contributed by atoms with E-state index in [4.69, 9.17) is 0 Å². The number of thioether (sulfide) groups is 1. The van der Waals surface area contributed by atoms with Crippen LogP contribution in [0, 0.1) is 0 Å². The van der Waals surface area contributed by atoms with Gasteiger partial charge >= 0.3 is 0 Å². The lowest BCUT2D eigenvalue weighted by atomic mass is 10.1. The maximum Gasteiger partial charge on any atom is 0.240 e. The minimum Gasteiger partial charge on any atom is -0.307 e. The largest absolute Gasteiger partial charge is 0.307 e. The first-order valence-electron chi connectivity index (χ1n) is 6.88. The first-order valence-corrected chi connectivity index (χ1v) is 7.76. The van der Waals surface area contributed by atoms with Crippen LogP contribution in [0.1, 0.15) is 37.0 Å². The fourth-order valence-electron chi connectivity index (χ4n) is 2.28. The Bertz CT molecular complexity index is 553. The van der Waals surface area contributed by atoms with Crippen LogP contribution in [-0.4, -0.2) is 23.5 Å². The summed E-state index contributed by atoms with van der Waals surface area (Å²) in [6.45, 7) is 8.09. The van der Waals surface area contributed by atoms with E-state index >= 15 is 0 Å². The van der Waals surface area contributed by atoms with Gasteiger partial charge in [0.2, 0.25) is 5.91 Å². The molecule has 1 aliphatic rings. The standard InChI is InChI=1S/C16H19NO2S/c1-4-9-17-12-8-7-11(13(18)5-2)10-15(12)20-14(6-3)16(17)19/h4,7-8,10,14H,1,5-6,9H2,2-3H3. The number of amides is 1. The summed E-state index contributed by atoms with van der Waals surface area (Å²) in [7, 11) is 0. The van der Waals surface area contributed by atoms with Gasteiger partial charge in [-0.3, -0.25) is 9.59 Å². The van der Waals surface area contributed by atoms with Gasteiger partial charge in [0.05, 0.1) is 10.9 Å². The van der Waals surface area contributed by atoms with Crippen LogP contribution >= 0.6 is 11.8 Å². The van der Waals surface area contributed by atoms with Gasteiger partial charge in [-0.25, -0.2) is 0 Å². The highest BCUT2D eigenvalue weighted by atomic mass is 32.2. The number of Topliss-reactive ketones (excluding diaryl/α,β-unsaturated/α-hetero) is 1. The van der Waals surface area contributed by atoms with Gasteiger partial charge in [0.1, 0.15) is 0 Å². The molecule has 1 aromatic carbocycles. The third kappa shape index (κ3) is 2.66. The van der Waals surface area contributed by atoms with Gasteiger partial charge in [0.25, 0.3) is 0 Å². The number of carbonyl (C=O) groups is 2. The van der Waals surface area contributed by atoms with Crippen molar-refractivity contribution in [3.63, 3.8) is 0 Å². The molecule has 4 heteroatoms. The van der Waals surface area contributed by atoms with Crippen LogP contribution in [0.25, 0.3) is 0 Å². The third-order valence-corrected chi connectivity index (χ3v) is 4.79.